The fourth-order valence-electron chi connectivity index (χ4n) is 9.18. The number of nitrogens with zero attached hydrogens (tertiary/aromatic N) is 3. The first-order valence-corrected chi connectivity index (χ1v) is 21.3. The molecule has 6 atom stereocenters. The van der Waals surface area contributed by atoms with Gasteiger partial charge in [0, 0.05) is 48.8 Å². The van der Waals surface area contributed by atoms with Crippen molar-refractivity contribution in [3.63, 3.8) is 0 Å². The monoisotopic (exact) mass is 817 g/mol. The van der Waals surface area contributed by atoms with E-state index in [4.69, 9.17) is 24.2 Å². The number of ether oxygens (including phenoxy) is 3. The van der Waals surface area contributed by atoms with Gasteiger partial charge in [0.15, 0.2) is 0 Å². The highest BCUT2D eigenvalue weighted by molar-refractivity contribution is 6.03. The van der Waals surface area contributed by atoms with Gasteiger partial charge >= 0.3 is 0 Å². The molecule has 2 N–H and O–H groups in total. The fourth-order valence-corrected chi connectivity index (χ4v) is 9.18. The molecule has 0 bridgehead atoms. The molecule has 1 saturated carbocycles. The average molecular weight is 818 g/mol. The second-order valence-electron chi connectivity index (χ2n) is 17.0. The van der Waals surface area contributed by atoms with E-state index >= 15 is 0 Å². The van der Waals surface area contributed by atoms with Crippen molar-refractivity contribution in [3.05, 3.63) is 113 Å². The minimum atomic E-state index is -1.41. The van der Waals surface area contributed by atoms with Crippen LogP contribution in [0.15, 0.2) is 96.2 Å². The van der Waals surface area contributed by atoms with E-state index in [2.05, 4.69) is 18.7 Å². The summed E-state index contributed by atoms with van der Waals surface area (Å²) in [4.78, 5) is 34.6. The smallest absolute Gasteiger partial charge is 0.254 e. The van der Waals surface area contributed by atoms with Crippen molar-refractivity contribution < 1.29 is 38.9 Å². The molecule has 11 nitrogen and oxygen atoms in total. The summed E-state index contributed by atoms with van der Waals surface area (Å²) in [6, 6.07) is 20.9. The Morgan fingerprint density at radius 2 is 1.77 bits per heavy atom. The van der Waals surface area contributed by atoms with Crippen LogP contribution in [0.5, 0.6) is 17.2 Å². The molecule has 318 valence electrons. The molecule has 1 fully saturated rings. The second-order valence-corrected chi connectivity index (χ2v) is 17.0. The van der Waals surface area contributed by atoms with Gasteiger partial charge in [0.05, 0.1) is 29.9 Å². The number of benzene rings is 3. The maximum absolute atomic E-state index is 14.9. The molecule has 1 amide bonds. The van der Waals surface area contributed by atoms with Gasteiger partial charge in [-0.2, -0.15) is 5.26 Å². The second kappa shape index (κ2) is 19.9. The number of nitriles is 1. The van der Waals surface area contributed by atoms with Gasteiger partial charge in [0.2, 0.25) is 5.79 Å². The lowest BCUT2D eigenvalue weighted by Crippen LogP contribution is -2.70. The zero-order valence-electron chi connectivity index (χ0n) is 35.3. The molecule has 0 unspecified atom stereocenters. The Morgan fingerprint density at radius 1 is 1.03 bits per heavy atom. The molecule has 3 aromatic rings. The first-order valence-electron chi connectivity index (χ1n) is 21.3. The van der Waals surface area contributed by atoms with Crippen LogP contribution < -0.4 is 9.47 Å². The molecule has 1 aliphatic heterocycles. The lowest BCUT2D eigenvalue weighted by Gasteiger charge is -2.60. The van der Waals surface area contributed by atoms with Gasteiger partial charge in [0.1, 0.15) is 35.2 Å². The van der Waals surface area contributed by atoms with E-state index in [0.717, 1.165) is 43.1 Å². The van der Waals surface area contributed by atoms with Crippen molar-refractivity contribution >= 4 is 17.9 Å². The predicted molar refractivity (Wildman–Crippen MR) is 230 cm³/mol. The first kappa shape index (κ1) is 44.3. The van der Waals surface area contributed by atoms with E-state index < -0.39 is 23.3 Å². The van der Waals surface area contributed by atoms with Gasteiger partial charge < -0.3 is 34.2 Å². The third-order valence-electron chi connectivity index (χ3n) is 11.7. The number of allylic oxidation sites excluding steroid dienone is 1. The maximum Gasteiger partial charge on any atom is 0.254 e. The van der Waals surface area contributed by atoms with Crippen molar-refractivity contribution in [2.45, 2.75) is 102 Å². The summed E-state index contributed by atoms with van der Waals surface area (Å²) < 4.78 is 20.9. The van der Waals surface area contributed by atoms with Crippen LogP contribution in [-0.2, 0) is 9.57 Å². The highest BCUT2D eigenvalue weighted by atomic mass is 16.7. The molecule has 0 aromatic heterocycles. The van der Waals surface area contributed by atoms with Crippen LogP contribution in [0.4, 0.5) is 0 Å². The number of oxime groups is 1. The quantitative estimate of drug-likeness (QED) is 0.0523. The van der Waals surface area contributed by atoms with Gasteiger partial charge in [0.25, 0.3) is 5.91 Å². The molecule has 6 rings (SSSR count). The van der Waals surface area contributed by atoms with Crippen LogP contribution in [0.25, 0.3) is 0 Å². The maximum atomic E-state index is 14.9. The molecule has 60 heavy (non-hydrogen) atoms. The first-order chi connectivity index (χ1) is 29.0. The van der Waals surface area contributed by atoms with E-state index in [1.807, 2.05) is 56.9 Å². The van der Waals surface area contributed by atoms with Crippen molar-refractivity contribution in [2.75, 3.05) is 26.4 Å². The number of aldehydes is 1. The number of hydrogen-bond donors (Lipinski definition) is 2. The normalized spacial score (nSPS) is 23.6. The van der Waals surface area contributed by atoms with Crippen LogP contribution in [0.3, 0.4) is 0 Å². The van der Waals surface area contributed by atoms with Crippen molar-refractivity contribution in [1.82, 2.24) is 4.90 Å². The number of fused-ring (bicyclic) bond motifs is 2. The van der Waals surface area contributed by atoms with E-state index in [1.165, 1.54) is 0 Å². The molecular weight excluding hydrogens is 759 g/mol. The average Bonchev–Trinajstić information content (AvgIpc) is 3.25. The van der Waals surface area contributed by atoms with Crippen molar-refractivity contribution in [1.29, 1.82) is 5.26 Å². The van der Waals surface area contributed by atoms with Gasteiger partial charge in [-0.1, -0.05) is 49.2 Å². The molecule has 0 spiro atoms. The molecule has 3 aliphatic rings. The highest BCUT2D eigenvalue weighted by Crippen LogP contribution is 2.62. The third kappa shape index (κ3) is 9.68. The number of unbranched alkanes of at least 4 members (excludes halogenated alkanes) is 2. The van der Waals surface area contributed by atoms with E-state index in [-0.39, 0.29) is 49.9 Å². The Kier molecular flexibility index (Phi) is 14.7. The van der Waals surface area contributed by atoms with Gasteiger partial charge in [-0.3, -0.25) is 9.59 Å². The molecule has 11 heteroatoms. The standard InChI is InChI=1S/C49H59N3O8/c1-6-23-52(47(56)35-19-17-33(31-50)18-20-35)44-30-42(51-60-48(3,4)5)40-28-36(14-8-10-24-53)39(16-9-11-25-54)45-41-29-38(58-37-15-12-13-34(27-37)32-55)21-22-43(41)59-49(44,46(40)45)57-26-7-2/h7,12-13,15,17-22,27-29,32,36,39,44-46,53-54H,2,6,8-11,14,16,23-26,30H2,1,3-5H3/t36-,39+,44-,45+,46+,49+/m0/s1. The molecule has 2 aliphatic carbocycles. The zero-order chi connectivity index (χ0) is 42.9. The summed E-state index contributed by atoms with van der Waals surface area (Å²) in [5.41, 5.74) is 3.36. The summed E-state index contributed by atoms with van der Waals surface area (Å²) >= 11 is 0. The summed E-state index contributed by atoms with van der Waals surface area (Å²) in [6.07, 6.45) is 10.2. The number of carbonyl (C=O) groups excluding carboxylic acids is 2. The van der Waals surface area contributed by atoms with E-state index in [0.29, 0.717) is 65.5 Å². The Morgan fingerprint density at radius 3 is 2.43 bits per heavy atom. The molecule has 3 aromatic carbocycles. The Balaban J connectivity index is 1.61. The minimum Gasteiger partial charge on any atom is -0.459 e. The predicted octanol–water partition coefficient (Wildman–Crippen LogP) is 9.15. The molecular formula is C49H59N3O8. The summed E-state index contributed by atoms with van der Waals surface area (Å²) in [5.74, 6) is -0.566. The van der Waals surface area contributed by atoms with Crippen LogP contribution in [0, 0.1) is 29.1 Å². The van der Waals surface area contributed by atoms with Gasteiger partial charge in [-0.05, 0) is 125 Å². The fraction of sp³-hybridized carbons (Fsp3) is 0.469. The number of aliphatic hydroxyl groups is 2. The largest absolute Gasteiger partial charge is 0.459 e. The van der Waals surface area contributed by atoms with Gasteiger partial charge in [-0.15, -0.1) is 6.58 Å². The van der Waals surface area contributed by atoms with E-state index in [1.54, 1.807) is 48.5 Å². The zero-order valence-corrected chi connectivity index (χ0v) is 35.3. The van der Waals surface area contributed by atoms with Crippen molar-refractivity contribution in [3.8, 4) is 23.3 Å². The number of amides is 1. The summed E-state index contributed by atoms with van der Waals surface area (Å²) in [5, 5.41) is 34.3. The van der Waals surface area contributed by atoms with Gasteiger partial charge in [-0.25, -0.2) is 0 Å². The molecule has 0 radical (unpaired) electrons. The number of aliphatic hydroxyl groups excluding tert-OH is 2. The Hall–Kier alpha value is -5.28. The van der Waals surface area contributed by atoms with Crippen LogP contribution in [-0.4, -0.2) is 76.8 Å². The van der Waals surface area contributed by atoms with E-state index in [9.17, 15) is 25.1 Å². The lowest BCUT2D eigenvalue weighted by atomic mass is 9.55. The topological polar surface area (TPSA) is 151 Å². The number of hydrogen-bond acceptors (Lipinski definition) is 10. The number of rotatable bonds is 19. The Bertz CT molecular complexity index is 2080. The lowest BCUT2D eigenvalue weighted by molar-refractivity contribution is -0.254. The van der Waals surface area contributed by atoms with Crippen LogP contribution in [0.2, 0.25) is 0 Å². The Labute approximate surface area is 354 Å². The highest BCUT2D eigenvalue weighted by Gasteiger charge is 2.65. The minimum absolute atomic E-state index is 0.0318. The van der Waals surface area contributed by atoms with Crippen LogP contribution in [0.1, 0.15) is 117 Å². The molecule has 1 heterocycles. The van der Waals surface area contributed by atoms with Crippen LogP contribution >= 0.6 is 0 Å². The third-order valence-corrected chi connectivity index (χ3v) is 11.7. The summed E-state index contributed by atoms with van der Waals surface area (Å²) in [7, 11) is 0. The van der Waals surface area contributed by atoms with Crippen molar-refractivity contribution in [2.24, 2.45) is 22.9 Å². The number of carbonyl (C=O) groups is 2. The SMILES string of the molecule is C=CCO[C@@]12Oc3ccc(Oc4cccc(C=O)c4)cc3[C@H]3[C@H](CCCCO)[C@@H](CCCCO)C=C(C(=NOC(C)(C)C)C[C@@H]1N(CCC)C(=O)c1ccc(C#N)cc1)[C@H]32. The molecule has 0 saturated heterocycles. The summed E-state index contributed by atoms with van der Waals surface area (Å²) in [6.45, 7) is 12.6.